The van der Waals surface area contributed by atoms with Crippen LogP contribution in [0.5, 0.6) is 0 Å². The molecule has 1 heterocycles. The summed E-state index contributed by atoms with van der Waals surface area (Å²) in [5.74, 6) is 0. The Morgan fingerprint density at radius 3 is 2.57 bits per heavy atom. The molecule has 0 aromatic rings. The molecule has 82 valence electrons. The summed E-state index contributed by atoms with van der Waals surface area (Å²) in [7, 11) is 0. The summed E-state index contributed by atoms with van der Waals surface area (Å²) in [4.78, 5) is 2.27. The minimum atomic E-state index is -0.447. The second kappa shape index (κ2) is 4.17. The molecule has 14 heavy (non-hydrogen) atoms. The lowest BCUT2D eigenvalue weighted by Gasteiger charge is -2.31. The van der Waals surface area contributed by atoms with Crippen LogP contribution < -0.4 is 0 Å². The van der Waals surface area contributed by atoms with Gasteiger partial charge >= 0.3 is 0 Å². The number of hydrogen-bond acceptors (Lipinski definition) is 3. The highest BCUT2D eigenvalue weighted by Crippen LogP contribution is 2.32. The molecule has 0 bridgehead atoms. The minimum Gasteiger partial charge on any atom is -0.395 e. The van der Waals surface area contributed by atoms with E-state index in [9.17, 15) is 10.2 Å². The maximum absolute atomic E-state index is 10.2. The number of rotatable bonds is 3. The Hall–Kier alpha value is -0.120. The van der Waals surface area contributed by atoms with Crippen LogP contribution in [0.4, 0.5) is 0 Å². The Labute approximate surface area is 85.7 Å². The molecule has 0 aromatic heterocycles. The molecule has 2 N–H and O–H groups in total. The number of hydrogen-bond donors (Lipinski definition) is 2. The molecular weight excluding hydrogens is 178 g/mol. The van der Waals surface area contributed by atoms with Crippen molar-refractivity contribution in [3.8, 4) is 0 Å². The van der Waals surface area contributed by atoms with Gasteiger partial charge in [0.1, 0.15) is 0 Å². The standard InChI is InChI=1S/C11H21NO2/c13-8-10-4-3-7-12(10)9-11(14)5-1-2-6-11/h10,13-14H,1-9H2/t10-/m0/s1. The first-order valence-electron chi connectivity index (χ1n) is 5.81. The topological polar surface area (TPSA) is 43.7 Å². The van der Waals surface area contributed by atoms with Crippen molar-refractivity contribution in [1.29, 1.82) is 0 Å². The zero-order valence-corrected chi connectivity index (χ0v) is 8.78. The lowest BCUT2D eigenvalue weighted by atomic mass is 10.0. The van der Waals surface area contributed by atoms with Crippen LogP contribution in [0.25, 0.3) is 0 Å². The molecule has 0 spiro atoms. The summed E-state index contributed by atoms with van der Waals surface area (Å²) in [6.45, 7) is 2.07. The summed E-state index contributed by atoms with van der Waals surface area (Å²) < 4.78 is 0. The van der Waals surface area contributed by atoms with Gasteiger partial charge in [-0.15, -0.1) is 0 Å². The Bertz CT molecular complexity index is 190. The quantitative estimate of drug-likeness (QED) is 0.705. The van der Waals surface area contributed by atoms with Crippen molar-refractivity contribution in [2.45, 2.75) is 50.2 Å². The van der Waals surface area contributed by atoms with Crippen LogP contribution in [0.3, 0.4) is 0 Å². The SMILES string of the molecule is OC[C@@H]1CCCN1CC1(O)CCCC1. The number of aliphatic hydroxyl groups excluding tert-OH is 1. The van der Waals surface area contributed by atoms with Gasteiger partial charge in [-0.2, -0.15) is 0 Å². The van der Waals surface area contributed by atoms with Crippen LogP contribution in [0, 0.1) is 0 Å². The van der Waals surface area contributed by atoms with Crippen LogP contribution in [0.2, 0.25) is 0 Å². The van der Waals surface area contributed by atoms with Gasteiger partial charge in [0.05, 0.1) is 12.2 Å². The second-order valence-electron chi connectivity index (χ2n) is 4.88. The summed E-state index contributed by atoms with van der Waals surface area (Å²) in [6, 6.07) is 0.305. The second-order valence-corrected chi connectivity index (χ2v) is 4.88. The number of aliphatic hydroxyl groups is 2. The summed E-state index contributed by atoms with van der Waals surface area (Å²) in [5, 5.41) is 19.4. The highest BCUT2D eigenvalue weighted by Gasteiger charge is 2.36. The van der Waals surface area contributed by atoms with Crippen molar-refractivity contribution in [2.24, 2.45) is 0 Å². The Balaban J connectivity index is 1.89. The van der Waals surface area contributed by atoms with Gasteiger partial charge in [0.2, 0.25) is 0 Å². The zero-order valence-electron chi connectivity index (χ0n) is 8.78. The molecule has 2 aliphatic rings. The van der Waals surface area contributed by atoms with E-state index in [2.05, 4.69) is 4.90 Å². The van der Waals surface area contributed by atoms with Gasteiger partial charge in [-0.1, -0.05) is 12.8 Å². The summed E-state index contributed by atoms with van der Waals surface area (Å²) in [5.41, 5.74) is -0.447. The van der Waals surface area contributed by atoms with Gasteiger partial charge in [0.15, 0.2) is 0 Å². The van der Waals surface area contributed by atoms with Gasteiger partial charge < -0.3 is 10.2 Å². The molecule has 0 radical (unpaired) electrons. The maximum atomic E-state index is 10.2. The van der Waals surface area contributed by atoms with Crippen LogP contribution in [0.1, 0.15) is 38.5 Å². The summed E-state index contributed by atoms with van der Waals surface area (Å²) in [6.07, 6.45) is 6.47. The van der Waals surface area contributed by atoms with Gasteiger partial charge in [-0.05, 0) is 32.2 Å². The van der Waals surface area contributed by atoms with Gasteiger partial charge in [0.25, 0.3) is 0 Å². The van der Waals surface area contributed by atoms with E-state index in [0.717, 1.165) is 45.2 Å². The first-order chi connectivity index (χ1) is 6.73. The smallest absolute Gasteiger partial charge is 0.0774 e. The fraction of sp³-hybridized carbons (Fsp3) is 1.00. The van der Waals surface area contributed by atoms with Crippen molar-refractivity contribution in [3.63, 3.8) is 0 Å². The van der Waals surface area contributed by atoms with Crippen molar-refractivity contribution in [3.05, 3.63) is 0 Å². The zero-order chi connectivity index (χ0) is 10.0. The fourth-order valence-corrected chi connectivity index (χ4v) is 2.88. The minimum absolute atomic E-state index is 0.246. The monoisotopic (exact) mass is 199 g/mol. The van der Waals surface area contributed by atoms with Crippen molar-refractivity contribution in [2.75, 3.05) is 19.7 Å². The van der Waals surface area contributed by atoms with E-state index in [-0.39, 0.29) is 6.61 Å². The number of likely N-dealkylation sites (tertiary alicyclic amines) is 1. The van der Waals surface area contributed by atoms with Crippen LogP contribution >= 0.6 is 0 Å². The third-order valence-electron chi connectivity index (χ3n) is 3.74. The van der Waals surface area contributed by atoms with Crippen molar-refractivity contribution >= 4 is 0 Å². The van der Waals surface area contributed by atoms with Crippen LogP contribution in [0.15, 0.2) is 0 Å². The average Bonchev–Trinajstić information content (AvgIpc) is 2.75. The fourth-order valence-electron chi connectivity index (χ4n) is 2.88. The highest BCUT2D eigenvalue weighted by molar-refractivity contribution is 4.91. The third kappa shape index (κ3) is 2.10. The molecule has 1 saturated heterocycles. The molecule has 0 unspecified atom stereocenters. The maximum Gasteiger partial charge on any atom is 0.0774 e. The molecule has 1 aliphatic heterocycles. The number of β-amino-alcohol motifs (C(OH)–C–C–N with tert-alkyl or cyclic N) is 1. The molecule has 2 fully saturated rings. The largest absolute Gasteiger partial charge is 0.395 e. The molecule has 3 heteroatoms. The van der Waals surface area contributed by atoms with E-state index in [1.54, 1.807) is 0 Å². The average molecular weight is 199 g/mol. The Morgan fingerprint density at radius 1 is 1.21 bits per heavy atom. The normalized spacial score (nSPS) is 32.6. The molecule has 0 amide bonds. The first kappa shape index (κ1) is 10.4. The molecule has 1 saturated carbocycles. The summed E-state index contributed by atoms with van der Waals surface area (Å²) >= 11 is 0. The van der Waals surface area contributed by atoms with E-state index in [4.69, 9.17) is 0 Å². The van der Waals surface area contributed by atoms with E-state index in [1.807, 2.05) is 0 Å². The van der Waals surface area contributed by atoms with Gasteiger partial charge in [0, 0.05) is 12.6 Å². The van der Waals surface area contributed by atoms with Crippen LogP contribution in [-0.4, -0.2) is 46.5 Å². The highest BCUT2D eigenvalue weighted by atomic mass is 16.3. The molecule has 1 atom stereocenters. The Morgan fingerprint density at radius 2 is 1.93 bits per heavy atom. The van der Waals surface area contributed by atoms with Crippen LogP contribution in [-0.2, 0) is 0 Å². The van der Waals surface area contributed by atoms with E-state index >= 15 is 0 Å². The molecule has 3 nitrogen and oxygen atoms in total. The number of nitrogens with zero attached hydrogens (tertiary/aromatic N) is 1. The Kier molecular flexibility index (Phi) is 3.10. The lowest BCUT2D eigenvalue weighted by Crippen LogP contribution is -2.44. The van der Waals surface area contributed by atoms with E-state index < -0.39 is 5.60 Å². The predicted octanol–water partition coefficient (Wildman–Crippen LogP) is 0.748. The molecule has 2 rings (SSSR count). The first-order valence-corrected chi connectivity index (χ1v) is 5.81. The van der Waals surface area contributed by atoms with E-state index in [0.29, 0.717) is 6.04 Å². The third-order valence-corrected chi connectivity index (χ3v) is 3.74. The molecule has 0 aromatic carbocycles. The van der Waals surface area contributed by atoms with Gasteiger partial charge in [-0.3, -0.25) is 4.90 Å². The molecular formula is C11H21NO2. The molecule has 1 aliphatic carbocycles. The predicted molar refractivity (Wildman–Crippen MR) is 55.1 cm³/mol. The van der Waals surface area contributed by atoms with Crippen molar-refractivity contribution < 1.29 is 10.2 Å². The van der Waals surface area contributed by atoms with Gasteiger partial charge in [-0.25, -0.2) is 0 Å². The van der Waals surface area contributed by atoms with E-state index in [1.165, 1.54) is 6.42 Å². The lowest BCUT2D eigenvalue weighted by molar-refractivity contribution is -0.000489. The van der Waals surface area contributed by atoms with Crippen molar-refractivity contribution in [1.82, 2.24) is 4.90 Å².